The van der Waals surface area contributed by atoms with Crippen LogP contribution < -0.4 is 20.2 Å². The van der Waals surface area contributed by atoms with E-state index in [2.05, 4.69) is 15.8 Å². The highest BCUT2D eigenvalue weighted by Crippen LogP contribution is 2.36. The first kappa shape index (κ1) is 25.5. The molecule has 0 saturated carbocycles. The van der Waals surface area contributed by atoms with Gasteiger partial charge in [0.1, 0.15) is 0 Å². The molecular weight excluding hydrogens is 499 g/mol. The molecule has 180 valence electrons. The lowest BCUT2D eigenvalue weighted by molar-refractivity contribution is -0.384. The maximum atomic E-state index is 12.2. The number of ether oxygens (including phenoxy) is 2. The fourth-order valence-corrected chi connectivity index (χ4v) is 3.19. The predicted octanol–water partition coefficient (Wildman–Crippen LogP) is 4.69. The molecule has 0 saturated heterocycles. The molecule has 3 aromatic rings. The highest BCUT2D eigenvalue weighted by Gasteiger charge is 2.14. The number of nitro benzene ring substituents is 1. The minimum atomic E-state index is -0.559. The van der Waals surface area contributed by atoms with E-state index in [0.29, 0.717) is 16.3 Å². The molecule has 0 unspecified atom stereocenters. The first-order valence-electron chi connectivity index (χ1n) is 9.90. The van der Waals surface area contributed by atoms with E-state index in [1.165, 1.54) is 43.7 Å². The maximum absolute atomic E-state index is 12.2. The van der Waals surface area contributed by atoms with Crippen molar-refractivity contribution in [3.05, 3.63) is 92.0 Å². The van der Waals surface area contributed by atoms with Crippen molar-refractivity contribution in [1.29, 1.82) is 0 Å². The van der Waals surface area contributed by atoms with Gasteiger partial charge in [0.2, 0.25) is 0 Å². The van der Waals surface area contributed by atoms with E-state index in [4.69, 9.17) is 32.7 Å². The standard InChI is InChI=1S/C23H18Cl2N4O6/c1-34-20-11-14(12-26-28-23(31)15-2-8-18(9-3-15)29(32)33)10-19(25)22(20)35-13-21(30)27-17-6-4-16(24)5-7-17/h2-12H,13H2,1H3,(H,27,30)(H,28,31)/b26-12+. The quantitative estimate of drug-likeness (QED) is 0.241. The Labute approximate surface area is 209 Å². The smallest absolute Gasteiger partial charge is 0.271 e. The van der Waals surface area contributed by atoms with E-state index >= 15 is 0 Å². The topological polar surface area (TPSA) is 132 Å². The van der Waals surface area contributed by atoms with Gasteiger partial charge in [0.15, 0.2) is 18.1 Å². The van der Waals surface area contributed by atoms with E-state index in [1.807, 2.05) is 0 Å². The SMILES string of the molecule is COc1cc(/C=N/NC(=O)c2ccc([N+](=O)[O-])cc2)cc(Cl)c1OCC(=O)Nc1ccc(Cl)cc1. The Balaban J connectivity index is 1.61. The van der Waals surface area contributed by atoms with Gasteiger partial charge in [-0.05, 0) is 54.1 Å². The molecule has 0 aliphatic heterocycles. The van der Waals surface area contributed by atoms with Crippen molar-refractivity contribution in [3.63, 3.8) is 0 Å². The number of nitrogens with zero attached hydrogens (tertiary/aromatic N) is 2. The molecule has 10 nitrogen and oxygen atoms in total. The lowest BCUT2D eigenvalue weighted by Gasteiger charge is -2.13. The van der Waals surface area contributed by atoms with Gasteiger partial charge < -0.3 is 14.8 Å². The normalized spacial score (nSPS) is 10.6. The van der Waals surface area contributed by atoms with Gasteiger partial charge in [-0.25, -0.2) is 5.43 Å². The third kappa shape index (κ3) is 7.16. The largest absolute Gasteiger partial charge is 0.493 e. The van der Waals surface area contributed by atoms with Crippen molar-refractivity contribution in [1.82, 2.24) is 5.43 Å². The van der Waals surface area contributed by atoms with Crippen LogP contribution in [-0.4, -0.2) is 36.7 Å². The minimum absolute atomic E-state index is 0.128. The Morgan fingerprint density at radius 1 is 1.09 bits per heavy atom. The number of nitrogens with one attached hydrogen (secondary N) is 2. The number of halogens is 2. The van der Waals surface area contributed by atoms with Crippen LogP contribution in [0.3, 0.4) is 0 Å². The molecule has 0 bridgehead atoms. The van der Waals surface area contributed by atoms with Gasteiger partial charge in [-0.15, -0.1) is 0 Å². The zero-order chi connectivity index (χ0) is 25.4. The van der Waals surface area contributed by atoms with Crippen LogP contribution in [0.25, 0.3) is 0 Å². The Morgan fingerprint density at radius 3 is 2.40 bits per heavy atom. The first-order chi connectivity index (χ1) is 16.8. The third-order valence-electron chi connectivity index (χ3n) is 4.45. The fourth-order valence-electron chi connectivity index (χ4n) is 2.79. The maximum Gasteiger partial charge on any atom is 0.271 e. The van der Waals surface area contributed by atoms with E-state index < -0.39 is 16.7 Å². The summed E-state index contributed by atoms with van der Waals surface area (Å²) in [6.45, 7) is -0.322. The summed E-state index contributed by atoms with van der Waals surface area (Å²) in [6.07, 6.45) is 1.33. The van der Waals surface area contributed by atoms with Gasteiger partial charge in [0, 0.05) is 28.4 Å². The van der Waals surface area contributed by atoms with Crippen LogP contribution in [0.4, 0.5) is 11.4 Å². The number of methoxy groups -OCH3 is 1. The second-order valence-corrected chi connectivity index (χ2v) is 7.72. The molecule has 0 atom stereocenters. The highest BCUT2D eigenvalue weighted by molar-refractivity contribution is 6.32. The molecule has 2 amide bonds. The lowest BCUT2D eigenvalue weighted by Crippen LogP contribution is -2.20. The summed E-state index contributed by atoms with van der Waals surface area (Å²) < 4.78 is 10.8. The van der Waals surface area contributed by atoms with Crippen LogP contribution in [0.15, 0.2) is 65.8 Å². The minimum Gasteiger partial charge on any atom is -0.493 e. The van der Waals surface area contributed by atoms with Gasteiger partial charge >= 0.3 is 0 Å². The number of non-ortho nitro benzene ring substituents is 1. The monoisotopic (exact) mass is 516 g/mol. The number of amides is 2. The summed E-state index contributed by atoms with van der Waals surface area (Å²) >= 11 is 12.1. The Bertz CT molecular complexity index is 1260. The molecule has 0 aliphatic carbocycles. The summed E-state index contributed by atoms with van der Waals surface area (Å²) in [7, 11) is 1.41. The molecule has 3 rings (SSSR count). The van der Waals surface area contributed by atoms with Crippen LogP contribution in [0.5, 0.6) is 11.5 Å². The van der Waals surface area contributed by atoms with Crippen molar-refractivity contribution in [2.45, 2.75) is 0 Å². The lowest BCUT2D eigenvalue weighted by atomic mass is 10.2. The fraction of sp³-hybridized carbons (Fsp3) is 0.0870. The summed E-state index contributed by atoms with van der Waals surface area (Å²) in [5, 5.41) is 17.9. The van der Waals surface area contributed by atoms with Gasteiger partial charge in [-0.2, -0.15) is 5.10 Å². The number of hydrazone groups is 1. The zero-order valence-electron chi connectivity index (χ0n) is 18.2. The predicted molar refractivity (Wildman–Crippen MR) is 132 cm³/mol. The van der Waals surface area contributed by atoms with Gasteiger partial charge in [0.05, 0.1) is 23.3 Å². The Hall–Kier alpha value is -4.15. The van der Waals surface area contributed by atoms with E-state index in [1.54, 1.807) is 30.3 Å². The zero-order valence-corrected chi connectivity index (χ0v) is 19.7. The number of carbonyl (C=O) groups excluding carboxylic acids is 2. The van der Waals surface area contributed by atoms with Crippen LogP contribution in [-0.2, 0) is 4.79 Å². The summed E-state index contributed by atoms with van der Waals surface area (Å²) in [6, 6.07) is 14.7. The second-order valence-electron chi connectivity index (χ2n) is 6.88. The molecule has 3 aromatic carbocycles. The van der Waals surface area contributed by atoms with Gasteiger partial charge in [0.25, 0.3) is 17.5 Å². The van der Waals surface area contributed by atoms with Crippen molar-refractivity contribution in [3.8, 4) is 11.5 Å². The summed E-state index contributed by atoms with van der Waals surface area (Å²) in [5.41, 5.74) is 3.43. The number of benzene rings is 3. The molecule has 0 spiro atoms. The molecule has 0 fully saturated rings. The number of carbonyl (C=O) groups is 2. The van der Waals surface area contributed by atoms with Crippen LogP contribution in [0.1, 0.15) is 15.9 Å². The van der Waals surface area contributed by atoms with Crippen molar-refractivity contribution in [2.24, 2.45) is 5.10 Å². The van der Waals surface area contributed by atoms with Crippen molar-refractivity contribution >= 4 is 52.6 Å². The average molecular weight is 517 g/mol. The first-order valence-corrected chi connectivity index (χ1v) is 10.7. The van der Waals surface area contributed by atoms with Crippen molar-refractivity contribution < 1.29 is 24.0 Å². The van der Waals surface area contributed by atoms with Crippen molar-refractivity contribution in [2.75, 3.05) is 19.0 Å². The molecule has 0 aromatic heterocycles. The van der Waals surface area contributed by atoms with Crippen LogP contribution in [0, 0.1) is 10.1 Å². The van der Waals surface area contributed by atoms with E-state index in [9.17, 15) is 19.7 Å². The van der Waals surface area contributed by atoms with Crippen LogP contribution >= 0.6 is 23.2 Å². The highest BCUT2D eigenvalue weighted by atomic mass is 35.5. The summed E-state index contributed by atoms with van der Waals surface area (Å²) in [4.78, 5) is 34.5. The van der Waals surface area contributed by atoms with E-state index in [0.717, 1.165) is 0 Å². The van der Waals surface area contributed by atoms with Gasteiger partial charge in [-0.1, -0.05) is 23.2 Å². The van der Waals surface area contributed by atoms with E-state index in [-0.39, 0.29) is 34.4 Å². The molecule has 35 heavy (non-hydrogen) atoms. The number of anilines is 1. The number of hydrogen-bond acceptors (Lipinski definition) is 7. The molecular formula is C23H18Cl2N4O6. The molecule has 2 N–H and O–H groups in total. The third-order valence-corrected chi connectivity index (χ3v) is 4.98. The second kappa shape index (κ2) is 11.8. The molecule has 0 radical (unpaired) electrons. The Morgan fingerprint density at radius 2 is 1.77 bits per heavy atom. The molecule has 0 aliphatic rings. The Kier molecular flexibility index (Phi) is 8.60. The number of rotatable bonds is 9. The molecule has 0 heterocycles. The average Bonchev–Trinajstić information content (AvgIpc) is 2.84. The van der Waals surface area contributed by atoms with Crippen LogP contribution in [0.2, 0.25) is 10.0 Å². The van der Waals surface area contributed by atoms with Gasteiger partial charge in [-0.3, -0.25) is 19.7 Å². The summed E-state index contributed by atoms with van der Waals surface area (Å²) in [5.74, 6) is -0.557. The molecule has 12 heteroatoms. The number of nitro groups is 1. The number of hydrogen-bond donors (Lipinski definition) is 2.